The number of carbonyl (C=O) groups excluding carboxylic acids is 1. The van der Waals surface area contributed by atoms with Crippen LogP contribution in [0, 0.1) is 0 Å². The molecule has 0 unspecified atom stereocenters. The van der Waals surface area contributed by atoms with Gasteiger partial charge in [0.2, 0.25) is 5.91 Å². The van der Waals surface area contributed by atoms with Crippen LogP contribution in [0.2, 0.25) is 5.02 Å². The fraction of sp³-hybridized carbons (Fsp3) is 0.462. The van der Waals surface area contributed by atoms with E-state index in [4.69, 9.17) is 16.3 Å². The molecule has 0 aromatic heterocycles. The molecule has 0 aliphatic carbocycles. The lowest BCUT2D eigenvalue weighted by Crippen LogP contribution is -2.44. The van der Waals surface area contributed by atoms with Crippen molar-refractivity contribution < 1.29 is 9.53 Å². The van der Waals surface area contributed by atoms with E-state index < -0.39 is 0 Å². The van der Waals surface area contributed by atoms with Crippen molar-refractivity contribution >= 4 is 17.5 Å². The Kier molecular flexibility index (Phi) is 4.58. The topological polar surface area (TPSA) is 50.4 Å². The molecule has 1 saturated heterocycles. The number of rotatable bonds is 4. The average molecular weight is 269 g/mol. The molecule has 0 spiro atoms. The van der Waals surface area contributed by atoms with Crippen LogP contribution in [-0.2, 0) is 16.0 Å². The summed E-state index contributed by atoms with van der Waals surface area (Å²) in [5, 5.41) is 6.82. The number of methoxy groups -OCH3 is 1. The molecule has 0 radical (unpaired) electrons. The Morgan fingerprint density at radius 3 is 3.11 bits per heavy atom. The fourth-order valence-corrected chi connectivity index (χ4v) is 2.35. The van der Waals surface area contributed by atoms with Crippen LogP contribution in [0.15, 0.2) is 24.3 Å². The molecule has 1 aliphatic heterocycles. The highest BCUT2D eigenvalue weighted by Gasteiger charge is 2.27. The highest BCUT2D eigenvalue weighted by molar-refractivity contribution is 6.30. The van der Waals surface area contributed by atoms with Gasteiger partial charge in [-0.1, -0.05) is 23.7 Å². The first-order chi connectivity index (χ1) is 8.69. The third-order valence-electron chi connectivity index (χ3n) is 3.06. The number of hydrogen-bond donors (Lipinski definition) is 2. The van der Waals surface area contributed by atoms with Crippen LogP contribution in [0.25, 0.3) is 0 Å². The van der Waals surface area contributed by atoms with Gasteiger partial charge in [0.1, 0.15) is 0 Å². The molecular weight excluding hydrogens is 252 g/mol. The van der Waals surface area contributed by atoms with Gasteiger partial charge in [0, 0.05) is 25.2 Å². The minimum Gasteiger partial charge on any atom is -0.378 e. The van der Waals surface area contributed by atoms with E-state index in [1.807, 2.05) is 18.2 Å². The largest absolute Gasteiger partial charge is 0.378 e. The summed E-state index contributed by atoms with van der Waals surface area (Å²) < 4.78 is 5.30. The zero-order chi connectivity index (χ0) is 13.0. The predicted octanol–water partition coefficient (Wildman–Crippen LogP) is 0.986. The van der Waals surface area contributed by atoms with Crippen molar-refractivity contribution in [3.63, 3.8) is 0 Å². The predicted molar refractivity (Wildman–Crippen MR) is 70.8 cm³/mol. The third kappa shape index (κ3) is 3.45. The highest BCUT2D eigenvalue weighted by atomic mass is 35.5. The lowest BCUT2D eigenvalue weighted by Gasteiger charge is -2.18. The van der Waals surface area contributed by atoms with Crippen molar-refractivity contribution in [3.05, 3.63) is 34.9 Å². The van der Waals surface area contributed by atoms with Gasteiger partial charge in [-0.25, -0.2) is 0 Å². The molecule has 98 valence electrons. The first kappa shape index (κ1) is 13.3. The Morgan fingerprint density at radius 2 is 2.39 bits per heavy atom. The minimum atomic E-state index is -0.00647. The van der Waals surface area contributed by atoms with Crippen LogP contribution in [0.1, 0.15) is 5.56 Å². The van der Waals surface area contributed by atoms with Gasteiger partial charge >= 0.3 is 0 Å². The van der Waals surface area contributed by atoms with Gasteiger partial charge in [-0.15, -0.1) is 0 Å². The Bertz CT molecular complexity index is 425. The van der Waals surface area contributed by atoms with Crippen molar-refractivity contribution in [2.24, 2.45) is 0 Å². The number of amides is 1. The Balaban J connectivity index is 1.89. The van der Waals surface area contributed by atoms with Crippen LogP contribution >= 0.6 is 11.6 Å². The van der Waals surface area contributed by atoms with E-state index in [2.05, 4.69) is 10.6 Å². The van der Waals surface area contributed by atoms with Crippen LogP contribution in [0.4, 0.5) is 0 Å². The molecule has 2 rings (SSSR count). The van der Waals surface area contributed by atoms with Crippen LogP contribution in [0.3, 0.4) is 0 Å². The van der Waals surface area contributed by atoms with Crippen molar-refractivity contribution in [3.8, 4) is 0 Å². The SMILES string of the molecule is CO[C@H]1CNC[C@@H]1NC(=O)Cc1cccc(Cl)c1. The molecule has 4 nitrogen and oxygen atoms in total. The van der Waals surface area contributed by atoms with E-state index in [0.29, 0.717) is 11.4 Å². The molecule has 1 aliphatic rings. The lowest BCUT2D eigenvalue weighted by molar-refractivity contribution is -0.121. The van der Waals surface area contributed by atoms with E-state index in [9.17, 15) is 4.79 Å². The van der Waals surface area contributed by atoms with Crippen molar-refractivity contribution in [1.29, 1.82) is 0 Å². The van der Waals surface area contributed by atoms with Gasteiger partial charge in [0.15, 0.2) is 0 Å². The minimum absolute atomic E-state index is 0.00647. The van der Waals surface area contributed by atoms with Gasteiger partial charge in [-0.3, -0.25) is 4.79 Å². The summed E-state index contributed by atoms with van der Waals surface area (Å²) in [4.78, 5) is 11.9. The van der Waals surface area contributed by atoms with Crippen molar-refractivity contribution in [1.82, 2.24) is 10.6 Å². The number of nitrogens with one attached hydrogen (secondary N) is 2. The number of hydrogen-bond acceptors (Lipinski definition) is 3. The molecule has 2 N–H and O–H groups in total. The molecule has 1 amide bonds. The summed E-state index contributed by atoms with van der Waals surface area (Å²) in [5.41, 5.74) is 0.917. The van der Waals surface area contributed by atoms with Gasteiger partial charge in [0.05, 0.1) is 18.6 Å². The zero-order valence-corrected chi connectivity index (χ0v) is 11.0. The summed E-state index contributed by atoms with van der Waals surface area (Å²) in [6.45, 7) is 1.53. The molecule has 18 heavy (non-hydrogen) atoms. The second kappa shape index (κ2) is 6.18. The Labute approximate surface area is 112 Å². The summed E-state index contributed by atoms with van der Waals surface area (Å²) >= 11 is 5.88. The number of benzene rings is 1. The van der Waals surface area contributed by atoms with Crippen LogP contribution < -0.4 is 10.6 Å². The van der Waals surface area contributed by atoms with Crippen molar-refractivity contribution in [2.45, 2.75) is 18.6 Å². The fourth-order valence-electron chi connectivity index (χ4n) is 2.14. The molecule has 2 atom stereocenters. The first-order valence-corrected chi connectivity index (χ1v) is 6.34. The molecule has 1 aromatic rings. The molecule has 1 heterocycles. The van der Waals surface area contributed by atoms with Crippen molar-refractivity contribution in [2.75, 3.05) is 20.2 Å². The Morgan fingerprint density at radius 1 is 1.56 bits per heavy atom. The van der Waals surface area contributed by atoms with Gasteiger partial charge in [-0.05, 0) is 17.7 Å². The lowest BCUT2D eigenvalue weighted by atomic mass is 10.1. The number of ether oxygens (including phenoxy) is 1. The molecule has 0 bridgehead atoms. The van der Waals surface area contributed by atoms with Gasteiger partial charge < -0.3 is 15.4 Å². The maximum Gasteiger partial charge on any atom is 0.224 e. The summed E-state index contributed by atoms with van der Waals surface area (Å²) in [6, 6.07) is 7.39. The zero-order valence-electron chi connectivity index (χ0n) is 10.3. The summed E-state index contributed by atoms with van der Waals surface area (Å²) in [6.07, 6.45) is 0.390. The quantitative estimate of drug-likeness (QED) is 0.856. The van der Waals surface area contributed by atoms with Crippen LogP contribution in [-0.4, -0.2) is 38.3 Å². The van der Waals surface area contributed by atoms with Gasteiger partial charge in [0.25, 0.3) is 0 Å². The highest BCUT2D eigenvalue weighted by Crippen LogP contribution is 2.11. The standard InChI is InChI=1S/C13H17ClN2O2/c1-18-12-8-15-7-11(12)16-13(17)6-9-3-2-4-10(14)5-9/h2-5,11-12,15H,6-8H2,1H3,(H,16,17)/t11-,12-/m0/s1. The normalized spacial score (nSPS) is 23.0. The van der Waals surface area contributed by atoms with E-state index in [0.717, 1.165) is 18.7 Å². The van der Waals surface area contributed by atoms with E-state index in [1.165, 1.54) is 0 Å². The van der Waals surface area contributed by atoms with Gasteiger partial charge in [-0.2, -0.15) is 0 Å². The monoisotopic (exact) mass is 268 g/mol. The second-order valence-electron chi connectivity index (χ2n) is 4.41. The number of carbonyl (C=O) groups is 1. The molecule has 0 saturated carbocycles. The third-order valence-corrected chi connectivity index (χ3v) is 3.30. The average Bonchev–Trinajstić information content (AvgIpc) is 2.76. The molecule has 5 heteroatoms. The smallest absolute Gasteiger partial charge is 0.224 e. The summed E-state index contributed by atoms with van der Waals surface area (Å²) in [5.74, 6) is -0.00647. The van der Waals surface area contributed by atoms with E-state index in [-0.39, 0.29) is 18.1 Å². The molecule has 1 fully saturated rings. The maximum atomic E-state index is 11.9. The first-order valence-electron chi connectivity index (χ1n) is 5.96. The van der Waals surface area contributed by atoms with Crippen LogP contribution in [0.5, 0.6) is 0 Å². The summed E-state index contributed by atoms with van der Waals surface area (Å²) in [7, 11) is 1.66. The van der Waals surface area contributed by atoms with E-state index in [1.54, 1.807) is 13.2 Å². The number of halogens is 1. The Hall–Kier alpha value is -1.10. The molecule has 1 aromatic carbocycles. The second-order valence-corrected chi connectivity index (χ2v) is 4.85. The molecular formula is C13H17ClN2O2. The van der Waals surface area contributed by atoms with E-state index >= 15 is 0 Å². The maximum absolute atomic E-state index is 11.9.